The highest BCUT2D eigenvalue weighted by Gasteiger charge is 2.18. The number of hydrogen-bond donors (Lipinski definition) is 2. The van der Waals surface area contributed by atoms with Crippen LogP contribution in [0.2, 0.25) is 0 Å². The fraction of sp³-hybridized carbons (Fsp3) is 0.667. The molecular formula is C15H26N2O2. The zero-order chi connectivity index (χ0) is 14.5. The van der Waals surface area contributed by atoms with Gasteiger partial charge in [-0.3, -0.25) is 4.98 Å². The second-order valence-electron chi connectivity index (χ2n) is 6.23. The molecule has 0 aliphatic heterocycles. The van der Waals surface area contributed by atoms with Gasteiger partial charge in [0.05, 0.1) is 17.5 Å². The molecule has 1 atom stereocenters. The molecule has 0 bridgehead atoms. The Morgan fingerprint density at radius 1 is 1.26 bits per heavy atom. The molecule has 1 heterocycles. The molecular weight excluding hydrogens is 240 g/mol. The summed E-state index contributed by atoms with van der Waals surface area (Å²) < 4.78 is 5.53. The van der Waals surface area contributed by atoms with Crippen molar-refractivity contribution in [3.05, 3.63) is 24.0 Å². The monoisotopic (exact) mass is 266 g/mol. The maximum absolute atomic E-state index is 9.86. The van der Waals surface area contributed by atoms with E-state index in [4.69, 9.17) is 4.74 Å². The first-order valence-electron chi connectivity index (χ1n) is 6.77. The third-order valence-electron chi connectivity index (χ3n) is 2.91. The molecule has 0 radical (unpaired) electrons. The normalized spacial score (nSPS) is 15.1. The average Bonchev–Trinajstić information content (AvgIpc) is 2.34. The van der Waals surface area contributed by atoms with Crippen molar-refractivity contribution < 1.29 is 9.84 Å². The number of nitrogens with one attached hydrogen (secondary N) is 1. The van der Waals surface area contributed by atoms with Gasteiger partial charge in [0.15, 0.2) is 0 Å². The molecule has 0 amide bonds. The van der Waals surface area contributed by atoms with Gasteiger partial charge in [0, 0.05) is 12.1 Å². The molecule has 1 unspecified atom stereocenters. The van der Waals surface area contributed by atoms with Crippen LogP contribution in [0.15, 0.2) is 18.3 Å². The highest BCUT2D eigenvalue weighted by molar-refractivity contribution is 5.20. The van der Waals surface area contributed by atoms with Crippen LogP contribution in [0.4, 0.5) is 0 Å². The lowest BCUT2D eigenvalue weighted by Gasteiger charge is -2.22. The molecule has 0 aliphatic carbocycles. The van der Waals surface area contributed by atoms with E-state index in [9.17, 15) is 5.11 Å². The number of aliphatic hydroxyl groups is 1. The Morgan fingerprint density at radius 3 is 2.42 bits per heavy atom. The van der Waals surface area contributed by atoms with E-state index in [-0.39, 0.29) is 12.1 Å². The van der Waals surface area contributed by atoms with E-state index >= 15 is 0 Å². The predicted octanol–water partition coefficient (Wildman–Crippen LogP) is 2.51. The third-order valence-corrected chi connectivity index (χ3v) is 2.91. The van der Waals surface area contributed by atoms with Gasteiger partial charge in [-0.25, -0.2) is 0 Å². The minimum absolute atomic E-state index is 0.0800. The lowest BCUT2D eigenvalue weighted by atomic mass is 10.1. The highest BCUT2D eigenvalue weighted by Crippen LogP contribution is 2.14. The maximum atomic E-state index is 9.86. The van der Waals surface area contributed by atoms with Crippen LogP contribution >= 0.6 is 0 Å². The van der Waals surface area contributed by atoms with Gasteiger partial charge in [-0.15, -0.1) is 0 Å². The Labute approximate surface area is 116 Å². The van der Waals surface area contributed by atoms with Crippen LogP contribution in [0.25, 0.3) is 0 Å². The topological polar surface area (TPSA) is 54.4 Å². The number of nitrogens with zero attached hydrogens (tertiary/aromatic N) is 1. The fourth-order valence-corrected chi connectivity index (χ4v) is 1.30. The maximum Gasteiger partial charge on any atom is 0.137 e. The summed E-state index contributed by atoms with van der Waals surface area (Å²) in [5.41, 5.74) is 0.271. The van der Waals surface area contributed by atoms with Crippen LogP contribution < -0.4 is 10.1 Å². The Balaban J connectivity index is 2.48. The van der Waals surface area contributed by atoms with Gasteiger partial charge in [0.2, 0.25) is 0 Å². The van der Waals surface area contributed by atoms with Gasteiger partial charge in [0.1, 0.15) is 12.4 Å². The van der Waals surface area contributed by atoms with Crippen molar-refractivity contribution in [2.45, 2.75) is 58.7 Å². The first kappa shape index (κ1) is 15.9. The summed E-state index contributed by atoms with van der Waals surface area (Å²) >= 11 is 0. The molecule has 0 saturated heterocycles. The minimum atomic E-state index is -0.785. The molecule has 4 heteroatoms. The Kier molecular flexibility index (Phi) is 5.32. The molecule has 1 aromatic rings. The minimum Gasteiger partial charge on any atom is -0.489 e. The van der Waals surface area contributed by atoms with Gasteiger partial charge in [0.25, 0.3) is 0 Å². The summed E-state index contributed by atoms with van der Waals surface area (Å²) in [7, 11) is 0. The van der Waals surface area contributed by atoms with E-state index in [0.29, 0.717) is 12.2 Å². The average molecular weight is 266 g/mol. The van der Waals surface area contributed by atoms with Crippen molar-refractivity contribution in [1.82, 2.24) is 10.3 Å². The molecule has 0 fully saturated rings. The summed E-state index contributed by atoms with van der Waals surface area (Å²) in [5, 5.41) is 13.2. The first-order chi connectivity index (χ1) is 8.72. The molecule has 0 spiro atoms. The first-order valence-corrected chi connectivity index (χ1v) is 6.77. The van der Waals surface area contributed by atoms with Crippen LogP contribution in [0.1, 0.15) is 46.7 Å². The van der Waals surface area contributed by atoms with Crippen LogP contribution in [0.5, 0.6) is 5.75 Å². The van der Waals surface area contributed by atoms with Gasteiger partial charge >= 0.3 is 0 Å². The van der Waals surface area contributed by atoms with E-state index in [2.05, 4.69) is 31.1 Å². The molecule has 2 N–H and O–H groups in total. The molecule has 19 heavy (non-hydrogen) atoms. The number of rotatable bonds is 6. The van der Waals surface area contributed by atoms with Gasteiger partial charge in [-0.05, 0) is 46.2 Å². The van der Waals surface area contributed by atoms with Crippen LogP contribution in [-0.2, 0) is 6.54 Å². The van der Waals surface area contributed by atoms with Gasteiger partial charge in [-0.1, -0.05) is 6.92 Å². The van der Waals surface area contributed by atoms with Crippen molar-refractivity contribution in [3.63, 3.8) is 0 Å². The molecule has 0 aromatic carbocycles. The number of pyridine rings is 1. The third kappa shape index (κ3) is 6.55. The Bertz CT molecular complexity index is 380. The standard InChI is InChI=1S/C15H26N2O2/c1-6-15(5,18)11-19-13-8-7-12(16-10-13)9-17-14(2,3)4/h7-8,10,17-18H,6,9,11H2,1-5H3. The smallest absolute Gasteiger partial charge is 0.137 e. The summed E-state index contributed by atoms with van der Waals surface area (Å²) in [6, 6.07) is 3.83. The number of ether oxygens (including phenoxy) is 1. The lowest BCUT2D eigenvalue weighted by Crippen LogP contribution is -2.35. The molecule has 0 aliphatic rings. The van der Waals surface area contributed by atoms with E-state index < -0.39 is 5.60 Å². The van der Waals surface area contributed by atoms with Crippen molar-refractivity contribution >= 4 is 0 Å². The summed E-state index contributed by atoms with van der Waals surface area (Å²) in [4.78, 5) is 4.34. The van der Waals surface area contributed by atoms with Crippen molar-refractivity contribution in [2.75, 3.05) is 6.61 Å². The van der Waals surface area contributed by atoms with Crippen LogP contribution in [0.3, 0.4) is 0 Å². The second kappa shape index (κ2) is 6.35. The van der Waals surface area contributed by atoms with Crippen molar-refractivity contribution in [1.29, 1.82) is 0 Å². The van der Waals surface area contributed by atoms with Gasteiger partial charge in [-0.2, -0.15) is 0 Å². The highest BCUT2D eigenvalue weighted by atomic mass is 16.5. The summed E-state index contributed by atoms with van der Waals surface area (Å²) in [6.07, 6.45) is 2.36. The quantitative estimate of drug-likeness (QED) is 0.830. The molecule has 1 aromatic heterocycles. The van der Waals surface area contributed by atoms with Crippen LogP contribution in [0, 0.1) is 0 Å². The largest absolute Gasteiger partial charge is 0.489 e. The fourth-order valence-electron chi connectivity index (χ4n) is 1.30. The zero-order valence-electron chi connectivity index (χ0n) is 12.7. The summed E-state index contributed by atoms with van der Waals surface area (Å²) in [5.74, 6) is 0.688. The van der Waals surface area contributed by atoms with Crippen molar-refractivity contribution in [3.8, 4) is 5.75 Å². The predicted molar refractivity (Wildman–Crippen MR) is 77.2 cm³/mol. The molecule has 0 saturated carbocycles. The number of hydrogen-bond acceptors (Lipinski definition) is 4. The van der Waals surface area contributed by atoms with E-state index in [1.54, 1.807) is 13.1 Å². The molecule has 1 rings (SSSR count). The zero-order valence-corrected chi connectivity index (χ0v) is 12.7. The molecule has 4 nitrogen and oxygen atoms in total. The van der Waals surface area contributed by atoms with Crippen LogP contribution in [-0.4, -0.2) is 27.8 Å². The number of aromatic nitrogens is 1. The SMILES string of the molecule is CCC(C)(O)COc1ccc(CNC(C)(C)C)nc1. The van der Waals surface area contributed by atoms with Crippen molar-refractivity contribution in [2.24, 2.45) is 0 Å². The Morgan fingerprint density at radius 2 is 1.95 bits per heavy atom. The lowest BCUT2D eigenvalue weighted by molar-refractivity contribution is 0.00835. The van der Waals surface area contributed by atoms with E-state index in [0.717, 1.165) is 12.2 Å². The molecule has 108 valence electrons. The van der Waals surface area contributed by atoms with E-state index in [1.165, 1.54) is 0 Å². The summed E-state index contributed by atoms with van der Waals surface area (Å²) in [6.45, 7) is 11.1. The Hall–Kier alpha value is -1.13. The second-order valence-corrected chi connectivity index (χ2v) is 6.23. The van der Waals surface area contributed by atoms with E-state index in [1.807, 2.05) is 19.1 Å². The van der Waals surface area contributed by atoms with Gasteiger partial charge < -0.3 is 15.2 Å².